The predicted octanol–water partition coefficient (Wildman–Crippen LogP) is 5.86. The number of halogens is 1. The van der Waals surface area contributed by atoms with Gasteiger partial charge in [-0.25, -0.2) is 19.2 Å². The Bertz CT molecular complexity index is 1330. The molecule has 4 aromatic rings. The molecule has 164 valence electrons. The lowest BCUT2D eigenvalue weighted by atomic mass is 10.1. The quantitative estimate of drug-likeness (QED) is 0.413. The third-order valence-electron chi connectivity index (χ3n) is 5.73. The number of nitrogens with zero attached hydrogens (tertiary/aromatic N) is 3. The summed E-state index contributed by atoms with van der Waals surface area (Å²) in [6.07, 6.45) is 2.31. The summed E-state index contributed by atoms with van der Waals surface area (Å²) >= 11 is 1.35. The first-order chi connectivity index (χ1) is 15.5. The third-order valence-corrected chi connectivity index (χ3v) is 6.84. The molecule has 0 saturated heterocycles. The van der Waals surface area contributed by atoms with E-state index in [1.807, 2.05) is 32.0 Å². The van der Waals surface area contributed by atoms with Gasteiger partial charge >= 0.3 is 6.09 Å². The Morgan fingerprint density at radius 2 is 2.12 bits per heavy atom. The number of amides is 1. The molecule has 0 bridgehead atoms. The molecule has 0 fully saturated rings. The number of ether oxygens (including phenoxy) is 1. The third kappa shape index (κ3) is 3.86. The summed E-state index contributed by atoms with van der Waals surface area (Å²) in [4.78, 5) is 21.7. The number of fused-ring (bicyclic) bond motifs is 3. The number of anilines is 1. The standard InChI is InChI=1S/C24H23FN4O2S/c1-3-16-12-17(25)7-8-18(16)23-26-14(2)22(32-23)28-24(30)31-13-15-6-9-20-19(11-15)27-21-5-4-10-29(20)21/h6-9,11-12H,3-5,10,13H2,1-2H3,(H,28,30). The summed E-state index contributed by atoms with van der Waals surface area (Å²) < 4.78 is 21.2. The van der Waals surface area contributed by atoms with Gasteiger partial charge in [0.15, 0.2) is 0 Å². The first kappa shape index (κ1) is 20.6. The van der Waals surface area contributed by atoms with Crippen LogP contribution in [0.2, 0.25) is 0 Å². The second-order valence-electron chi connectivity index (χ2n) is 7.90. The van der Waals surface area contributed by atoms with E-state index in [4.69, 9.17) is 4.74 Å². The number of rotatable bonds is 5. The molecule has 2 aromatic heterocycles. The van der Waals surface area contributed by atoms with E-state index in [1.165, 1.54) is 23.5 Å². The highest BCUT2D eigenvalue weighted by Crippen LogP contribution is 2.34. The van der Waals surface area contributed by atoms with Crippen LogP contribution in [0.4, 0.5) is 14.2 Å². The fraction of sp³-hybridized carbons (Fsp3) is 0.292. The second kappa shape index (κ2) is 8.35. The average Bonchev–Trinajstić information content (AvgIpc) is 3.47. The molecule has 0 unspecified atom stereocenters. The lowest BCUT2D eigenvalue weighted by Gasteiger charge is -2.07. The summed E-state index contributed by atoms with van der Waals surface area (Å²) in [5.41, 5.74) is 5.42. The van der Waals surface area contributed by atoms with Crippen molar-refractivity contribution in [2.75, 3.05) is 5.32 Å². The van der Waals surface area contributed by atoms with Crippen LogP contribution < -0.4 is 5.32 Å². The molecule has 8 heteroatoms. The summed E-state index contributed by atoms with van der Waals surface area (Å²) in [7, 11) is 0. The van der Waals surface area contributed by atoms with Crippen molar-refractivity contribution in [3.05, 3.63) is 64.9 Å². The summed E-state index contributed by atoms with van der Waals surface area (Å²) in [5, 5.41) is 4.16. The predicted molar refractivity (Wildman–Crippen MR) is 123 cm³/mol. The molecule has 1 N–H and O–H groups in total. The van der Waals surface area contributed by atoms with Crippen molar-refractivity contribution in [3.8, 4) is 10.6 Å². The van der Waals surface area contributed by atoms with Crippen molar-refractivity contribution in [2.45, 2.75) is 46.3 Å². The SMILES string of the molecule is CCc1cc(F)ccc1-c1nc(C)c(NC(=O)OCc2ccc3c(c2)nc2n3CCC2)s1. The molecule has 0 saturated carbocycles. The number of aryl methyl sites for hydroxylation is 4. The Hall–Kier alpha value is -3.26. The first-order valence-corrected chi connectivity index (χ1v) is 11.5. The van der Waals surface area contributed by atoms with Crippen LogP contribution in [-0.2, 0) is 30.7 Å². The van der Waals surface area contributed by atoms with Gasteiger partial charge in [-0.1, -0.05) is 24.3 Å². The van der Waals surface area contributed by atoms with Gasteiger partial charge in [-0.3, -0.25) is 5.32 Å². The first-order valence-electron chi connectivity index (χ1n) is 10.7. The number of carbonyl (C=O) groups excluding carboxylic acids is 1. The lowest BCUT2D eigenvalue weighted by Crippen LogP contribution is -2.13. The van der Waals surface area contributed by atoms with Gasteiger partial charge in [0.2, 0.25) is 0 Å². The zero-order chi connectivity index (χ0) is 22.2. The van der Waals surface area contributed by atoms with E-state index in [1.54, 1.807) is 6.07 Å². The summed E-state index contributed by atoms with van der Waals surface area (Å²) in [5.74, 6) is 0.860. The van der Waals surface area contributed by atoms with Crippen molar-refractivity contribution in [2.24, 2.45) is 0 Å². The smallest absolute Gasteiger partial charge is 0.412 e. The van der Waals surface area contributed by atoms with Gasteiger partial charge in [0.05, 0.1) is 16.7 Å². The van der Waals surface area contributed by atoms with Crippen molar-refractivity contribution < 1.29 is 13.9 Å². The van der Waals surface area contributed by atoms with E-state index < -0.39 is 6.09 Å². The Kier molecular flexibility index (Phi) is 5.38. The maximum absolute atomic E-state index is 13.6. The Labute approximate surface area is 189 Å². The van der Waals surface area contributed by atoms with Gasteiger partial charge in [-0.05, 0) is 61.2 Å². The fourth-order valence-electron chi connectivity index (χ4n) is 4.12. The minimum absolute atomic E-state index is 0.159. The number of carbonyl (C=O) groups is 1. The van der Waals surface area contributed by atoms with Crippen molar-refractivity contribution in [1.82, 2.24) is 14.5 Å². The van der Waals surface area contributed by atoms with E-state index >= 15 is 0 Å². The largest absolute Gasteiger partial charge is 0.444 e. The lowest BCUT2D eigenvalue weighted by molar-refractivity contribution is 0.155. The van der Waals surface area contributed by atoms with Gasteiger partial charge in [0.25, 0.3) is 0 Å². The monoisotopic (exact) mass is 450 g/mol. The molecule has 1 amide bonds. The summed E-state index contributed by atoms with van der Waals surface area (Å²) in [6, 6.07) is 10.7. The highest BCUT2D eigenvalue weighted by Gasteiger charge is 2.17. The highest BCUT2D eigenvalue weighted by molar-refractivity contribution is 7.19. The Morgan fingerprint density at radius 1 is 1.25 bits per heavy atom. The van der Waals surface area contributed by atoms with Gasteiger partial charge in [0.1, 0.15) is 28.3 Å². The van der Waals surface area contributed by atoms with Crippen molar-refractivity contribution >= 4 is 33.5 Å². The minimum Gasteiger partial charge on any atom is -0.444 e. The molecule has 0 aliphatic carbocycles. The molecular formula is C24H23FN4O2S. The zero-order valence-electron chi connectivity index (χ0n) is 17.9. The van der Waals surface area contributed by atoms with Crippen molar-refractivity contribution in [1.29, 1.82) is 0 Å². The topological polar surface area (TPSA) is 69.0 Å². The molecule has 0 spiro atoms. The van der Waals surface area contributed by atoms with E-state index in [9.17, 15) is 9.18 Å². The van der Waals surface area contributed by atoms with Crippen molar-refractivity contribution in [3.63, 3.8) is 0 Å². The van der Waals surface area contributed by atoms with Crippen LogP contribution in [-0.4, -0.2) is 20.6 Å². The molecule has 1 aliphatic rings. The van der Waals surface area contributed by atoms with Gasteiger partial charge < -0.3 is 9.30 Å². The van der Waals surface area contributed by atoms with E-state index in [2.05, 4.69) is 19.9 Å². The van der Waals surface area contributed by atoms with E-state index in [0.717, 1.165) is 57.9 Å². The number of aromatic nitrogens is 3. The van der Waals surface area contributed by atoms with Crippen LogP contribution in [0.3, 0.4) is 0 Å². The second-order valence-corrected chi connectivity index (χ2v) is 8.90. The van der Waals surface area contributed by atoms with Gasteiger partial charge in [-0.2, -0.15) is 0 Å². The van der Waals surface area contributed by atoms with Crippen LogP contribution in [0.15, 0.2) is 36.4 Å². The van der Waals surface area contributed by atoms with E-state index in [-0.39, 0.29) is 12.4 Å². The van der Waals surface area contributed by atoms with Crippen LogP contribution in [0.25, 0.3) is 21.6 Å². The highest BCUT2D eigenvalue weighted by atomic mass is 32.1. The number of nitrogens with one attached hydrogen (secondary N) is 1. The maximum atomic E-state index is 13.6. The molecule has 2 aromatic carbocycles. The fourth-order valence-corrected chi connectivity index (χ4v) is 5.13. The molecule has 0 radical (unpaired) electrons. The normalized spacial score (nSPS) is 12.8. The number of benzene rings is 2. The zero-order valence-corrected chi connectivity index (χ0v) is 18.8. The minimum atomic E-state index is -0.537. The molecule has 6 nitrogen and oxygen atoms in total. The maximum Gasteiger partial charge on any atom is 0.412 e. The number of imidazole rings is 1. The number of hydrogen-bond acceptors (Lipinski definition) is 5. The molecule has 5 rings (SSSR count). The molecule has 1 aliphatic heterocycles. The van der Waals surface area contributed by atoms with Crippen LogP contribution >= 0.6 is 11.3 Å². The molecule has 3 heterocycles. The van der Waals surface area contributed by atoms with Crippen LogP contribution in [0.1, 0.15) is 36.0 Å². The van der Waals surface area contributed by atoms with E-state index in [0.29, 0.717) is 17.1 Å². The van der Waals surface area contributed by atoms with Gasteiger partial charge in [0, 0.05) is 18.5 Å². The average molecular weight is 451 g/mol. The molecule has 32 heavy (non-hydrogen) atoms. The number of hydrogen-bond donors (Lipinski definition) is 1. The molecule has 0 atom stereocenters. The van der Waals surface area contributed by atoms with Crippen LogP contribution in [0, 0.1) is 12.7 Å². The summed E-state index contributed by atoms with van der Waals surface area (Å²) in [6.45, 7) is 4.98. The Balaban J connectivity index is 1.26. The molecular weight excluding hydrogens is 427 g/mol. The van der Waals surface area contributed by atoms with Crippen LogP contribution in [0.5, 0.6) is 0 Å². The number of thiazole rings is 1. The van der Waals surface area contributed by atoms with Gasteiger partial charge in [-0.15, -0.1) is 0 Å². The Morgan fingerprint density at radius 3 is 2.97 bits per heavy atom.